The van der Waals surface area contributed by atoms with E-state index in [0.717, 1.165) is 27.9 Å². The number of aliphatic hydroxyl groups excluding tert-OH is 1. The fourth-order valence-corrected chi connectivity index (χ4v) is 4.92. The standard InChI is InChI=1S/C34H37NO5/c1-25-13-11-12-20-29(25)35-31-33(39-23-28-18-9-4-10-19-28)32(38-22-27-16-7-3-8-17-27)30(40-34(31)36)24-37-21-26-14-5-2-6-15-26/h2-20,30-36H,21-24H2,1H3/t30-,31-,32-,33-,34-/m1/s1. The molecule has 1 saturated heterocycles. The van der Waals surface area contributed by atoms with Gasteiger partial charge in [-0.2, -0.15) is 0 Å². The van der Waals surface area contributed by atoms with E-state index in [4.69, 9.17) is 18.9 Å². The molecule has 2 N–H and O–H groups in total. The maximum atomic E-state index is 11.3. The number of rotatable bonds is 12. The summed E-state index contributed by atoms with van der Waals surface area (Å²) in [5.74, 6) is 0. The van der Waals surface area contributed by atoms with Crippen molar-refractivity contribution in [2.75, 3.05) is 11.9 Å². The molecule has 1 fully saturated rings. The number of hydrogen-bond acceptors (Lipinski definition) is 6. The van der Waals surface area contributed by atoms with Crippen LogP contribution in [0.1, 0.15) is 22.3 Å². The fourth-order valence-electron chi connectivity index (χ4n) is 4.92. The summed E-state index contributed by atoms with van der Waals surface area (Å²) in [6.07, 6.45) is -2.72. The second-order valence-electron chi connectivity index (χ2n) is 10.1. The van der Waals surface area contributed by atoms with E-state index >= 15 is 0 Å². The molecule has 1 heterocycles. The lowest BCUT2D eigenvalue weighted by Gasteiger charge is -2.45. The normalized spacial score (nSPS) is 22.6. The van der Waals surface area contributed by atoms with Crippen LogP contribution in [0.15, 0.2) is 115 Å². The molecule has 0 bridgehead atoms. The Labute approximate surface area is 236 Å². The molecule has 5 rings (SSSR count). The molecule has 0 aromatic heterocycles. The zero-order valence-electron chi connectivity index (χ0n) is 22.8. The first-order valence-electron chi connectivity index (χ1n) is 13.8. The van der Waals surface area contributed by atoms with Crippen LogP contribution >= 0.6 is 0 Å². The fraction of sp³-hybridized carbons (Fsp3) is 0.294. The largest absolute Gasteiger partial charge is 0.375 e. The van der Waals surface area contributed by atoms with Crippen molar-refractivity contribution in [2.45, 2.75) is 57.4 Å². The van der Waals surface area contributed by atoms with Crippen LogP contribution in [-0.4, -0.2) is 42.4 Å². The van der Waals surface area contributed by atoms with Crippen molar-refractivity contribution in [2.24, 2.45) is 0 Å². The van der Waals surface area contributed by atoms with Crippen molar-refractivity contribution >= 4 is 5.69 Å². The van der Waals surface area contributed by atoms with Crippen molar-refractivity contribution < 1.29 is 24.1 Å². The van der Waals surface area contributed by atoms with Crippen LogP contribution in [0, 0.1) is 6.92 Å². The molecule has 0 unspecified atom stereocenters. The van der Waals surface area contributed by atoms with Gasteiger partial charge in [-0.1, -0.05) is 109 Å². The van der Waals surface area contributed by atoms with Crippen LogP contribution in [-0.2, 0) is 38.8 Å². The topological polar surface area (TPSA) is 69.2 Å². The summed E-state index contributed by atoms with van der Waals surface area (Å²) < 4.78 is 25.4. The van der Waals surface area contributed by atoms with Gasteiger partial charge in [0.05, 0.1) is 26.4 Å². The average molecular weight is 540 g/mol. The monoisotopic (exact) mass is 539 g/mol. The van der Waals surface area contributed by atoms with Gasteiger partial charge in [0.2, 0.25) is 0 Å². The quantitative estimate of drug-likeness (QED) is 0.234. The predicted octanol–water partition coefficient (Wildman–Crippen LogP) is 5.88. The SMILES string of the molecule is Cc1ccccc1N[C@@H]1[C@@H](OCc2ccccc2)[C@H](OCc2ccccc2)[C@@H](COCc2ccccc2)O[C@H]1O. The van der Waals surface area contributed by atoms with Crippen molar-refractivity contribution in [3.63, 3.8) is 0 Å². The molecule has 4 aromatic rings. The molecule has 0 amide bonds. The minimum absolute atomic E-state index is 0.244. The Bertz CT molecular complexity index is 1290. The number of anilines is 1. The Morgan fingerprint density at radius 2 is 1.15 bits per heavy atom. The summed E-state index contributed by atoms with van der Waals surface area (Å²) in [5.41, 5.74) is 5.12. The van der Waals surface area contributed by atoms with Gasteiger partial charge in [0.15, 0.2) is 6.29 Å². The summed E-state index contributed by atoms with van der Waals surface area (Å²) in [6.45, 7) is 3.45. The van der Waals surface area contributed by atoms with Crippen molar-refractivity contribution in [3.8, 4) is 0 Å². The molecule has 0 radical (unpaired) electrons. The molecule has 0 aliphatic carbocycles. The molecule has 0 spiro atoms. The Balaban J connectivity index is 1.40. The van der Waals surface area contributed by atoms with E-state index in [1.165, 1.54) is 0 Å². The Morgan fingerprint density at radius 3 is 1.73 bits per heavy atom. The summed E-state index contributed by atoms with van der Waals surface area (Å²) in [5, 5.41) is 14.8. The van der Waals surface area contributed by atoms with Gasteiger partial charge in [-0.3, -0.25) is 0 Å². The van der Waals surface area contributed by atoms with Crippen molar-refractivity contribution in [3.05, 3.63) is 138 Å². The number of hydrogen-bond donors (Lipinski definition) is 2. The van der Waals surface area contributed by atoms with Crippen LogP contribution in [0.5, 0.6) is 0 Å². The van der Waals surface area contributed by atoms with Crippen molar-refractivity contribution in [1.29, 1.82) is 0 Å². The Morgan fingerprint density at radius 1 is 0.650 bits per heavy atom. The molecule has 1 aliphatic heterocycles. The lowest BCUT2D eigenvalue weighted by atomic mass is 9.95. The Kier molecular flexibility index (Phi) is 9.96. The van der Waals surface area contributed by atoms with E-state index in [1.807, 2.05) is 122 Å². The van der Waals surface area contributed by atoms with Gasteiger partial charge in [0.25, 0.3) is 0 Å². The van der Waals surface area contributed by atoms with E-state index in [-0.39, 0.29) is 6.61 Å². The number of ether oxygens (including phenoxy) is 4. The molecule has 5 atom stereocenters. The second-order valence-corrected chi connectivity index (χ2v) is 10.1. The number of para-hydroxylation sites is 1. The highest BCUT2D eigenvalue weighted by atomic mass is 16.7. The summed E-state index contributed by atoms with van der Waals surface area (Å²) >= 11 is 0. The molecule has 40 heavy (non-hydrogen) atoms. The molecule has 6 nitrogen and oxygen atoms in total. The first-order chi connectivity index (χ1) is 19.7. The molecular weight excluding hydrogens is 502 g/mol. The van der Waals surface area contributed by atoms with Gasteiger partial charge in [-0.15, -0.1) is 0 Å². The van der Waals surface area contributed by atoms with Crippen LogP contribution < -0.4 is 5.32 Å². The third kappa shape index (κ3) is 7.56. The van der Waals surface area contributed by atoms with Gasteiger partial charge >= 0.3 is 0 Å². The highest BCUT2D eigenvalue weighted by molar-refractivity contribution is 5.51. The van der Waals surface area contributed by atoms with E-state index in [2.05, 4.69) is 5.32 Å². The third-order valence-electron chi connectivity index (χ3n) is 7.10. The lowest BCUT2D eigenvalue weighted by molar-refractivity contribution is -0.270. The Hall–Kier alpha value is -3.52. The third-order valence-corrected chi connectivity index (χ3v) is 7.10. The predicted molar refractivity (Wildman–Crippen MR) is 156 cm³/mol. The van der Waals surface area contributed by atoms with Crippen LogP contribution in [0.25, 0.3) is 0 Å². The highest BCUT2D eigenvalue weighted by Crippen LogP contribution is 2.30. The first kappa shape index (κ1) is 28.0. The van der Waals surface area contributed by atoms with Gasteiger partial charge in [0.1, 0.15) is 24.4 Å². The minimum atomic E-state index is -1.14. The van der Waals surface area contributed by atoms with Gasteiger partial charge in [0, 0.05) is 5.69 Å². The van der Waals surface area contributed by atoms with Gasteiger partial charge in [-0.05, 0) is 35.2 Å². The van der Waals surface area contributed by atoms with E-state index in [1.54, 1.807) is 0 Å². The highest BCUT2D eigenvalue weighted by Gasteiger charge is 2.47. The number of aliphatic hydroxyl groups is 1. The summed E-state index contributed by atoms with van der Waals surface area (Å²) in [7, 11) is 0. The van der Waals surface area contributed by atoms with Crippen molar-refractivity contribution in [1.82, 2.24) is 0 Å². The van der Waals surface area contributed by atoms with Crippen LogP contribution in [0.3, 0.4) is 0 Å². The van der Waals surface area contributed by atoms with Crippen LogP contribution in [0.2, 0.25) is 0 Å². The lowest BCUT2D eigenvalue weighted by Crippen LogP contribution is -2.62. The zero-order valence-corrected chi connectivity index (χ0v) is 22.8. The zero-order chi connectivity index (χ0) is 27.6. The number of benzene rings is 4. The van der Waals surface area contributed by atoms with Crippen LogP contribution in [0.4, 0.5) is 5.69 Å². The van der Waals surface area contributed by atoms with Gasteiger partial charge < -0.3 is 29.4 Å². The average Bonchev–Trinajstić information content (AvgIpc) is 2.99. The van der Waals surface area contributed by atoms with Gasteiger partial charge in [-0.25, -0.2) is 0 Å². The number of nitrogens with one attached hydrogen (secondary N) is 1. The van der Waals surface area contributed by atoms with E-state index in [0.29, 0.717) is 19.8 Å². The number of aryl methyl sites for hydroxylation is 1. The summed E-state index contributed by atoms with van der Waals surface area (Å²) in [4.78, 5) is 0. The molecule has 208 valence electrons. The smallest absolute Gasteiger partial charge is 0.178 e. The van der Waals surface area contributed by atoms with E-state index < -0.39 is 30.6 Å². The molecule has 0 saturated carbocycles. The first-order valence-corrected chi connectivity index (χ1v) is 13.8. The van der Waals surface area contributed by atoms with E-state index in [9.17, 15) is 5.11 Å². The maximum absolute atomic E-state index is 11.3. The molecular formula is C34H37NO5. The maximum Gasteiger partial charge on any atom is 0.178 e. The molecule has 4 aromatic carbocycles. The molecule has 1 aliphatic rings. The second kappa shape index (κ2) is 14.2. The summed E-state index contributed by atoms with van der Waals surface area (Å²) in [6, 6.07) is 37.4. The minimum Gasteiger partial charge on any atom is -0.375 e. The molecule has 6 heteroatoms.